The van der Waals surface area contributed by atoms with Crippen LogP contribution in [0.25, 0.3) is 11.5 Å². The number of rotatable bonds is 6. The summed E-state index contributed by atoms with van der Waals surface area (Å²) in [5.41, 5.74) is 1.01. The molecule has 0 spiro atoms. The lowest BCUT2D eigenvalue weighted by Crippen LogP contribution is -2.38. The van der Waals surface area contributed by atoms with Crippen molar-refractivity contribution in [2.45, 2.75) is 75.5 Å². The van der Waals surface area contributed by atoms with Crippen LogP contribution in [0.15, 0.2) is 38.8 Å². The van der Waals surface area contributed by atoms with E-state index in [-0.39, 0.29) is 33.3 Å². The number of thioether (sulfide) groups is 1. The normalized spacial score (nSPS) is 26.7. The monoisotopic (exact) mass is 518 g/mol. The van der Waals surface area contributed by atoms with Gasteiger partial charge in [0, 0.05) is 31.2 Å². The third-order valence-electron chi connectivity index (χ3n) is 7.49. The van der Waals surface area contributed by atoms with E-state index in [1.165, 1.54) is 11.8 Å². The first-order valence-electron chi connectivity index (χ1n) is 12.4. The van der Waals surface area contributed by atoms with Gasteiger partial charge in [0.1, 0.15) is 0 Å². The predicted octanol–water partition coefficient (Wildman–Crippen LogP) is 4.43. The SMILES string of the molecule is CC1(C)C[C@@H]2C[C@](C)(CN2C(=O)CSc2nnc(-c3cccc(S(=O)(=O)N4CCCCC4)c3)o2)C1. The van der Waals surface area contributed by atoms with E-state index in [0.29, 0.717) is 29.9 Å². The minimum absolute atomic E-state index is 0.107. The van der Waals surface area contributed by atoms with Crippen LogP contribution in [0.1, 0.15) is 59.3 Å². The first-order valence-corrected chi connectivity index (χ1v) is 14.8. The number of amides is 1. The van der Waals surface area contributed by atoms with Gasteiger partial charge >= 0.3 is 0 Å². The molecule has 3 heterocycles. The lowest BCUT2D eigenvalue weighted by Gasteiger charge is -2.39. The number of benzene rings is 1. The van der Waals surface area contributed by atoms with E-state index in [2.05, 4.69) is 31.0 Å². The molecule has 1 amide bonds. The predicted molar refractivity (Wildman–Crippen MR) is 134 cm³/mol. The topological polar surface area (TPSA) is 96.6 Å². The second kappa shape index (κ2) is 9.19. The van der Waals surface area contributed by atoms with E-state index in [9.17, 15) is 13.2 Å². The summed E-state index contributed by atoms with van der Waals surface area (Å²) in [5, 5.41) is 8.51. The molecule has 0 radical (unpaired) electrons. The molecular weight excluding hydrogens is 484 g/mol. The van der Waals surface area contributed by atoms with Crippen molar-refractivity contribution in [1.82, 2.24) is 19.4 Å². The van der Waals surface area contributed by atoms with Gasteiger partial charge in [-0.3, -0.25) is 4.79 Å². The second-order valence-electron chi connectivity index (χ2n) is 11.4. The fraction of sp³-hybridized carbons (Fsp3) is 0.640. The van der Waals surface area contributed by atoms with Gasteiger partial charge in [-0.15, -0.1) is 10.2 Å². The maximum absolute atomic E-state index is 13.0. The Balaban J connectivity index is 1.24. The molecule has 0 unspecified atom stereocenters. The van der Waals surface area contributed by atoms with Crippen LogP contribution >= 0.6 is 11.8 Å². The second-order valence-corrected chi connectivity index (χ2v) is 14.3. The standard InChI is InChI=1S/C25H34N4O4S2/c1-24(2)13-19-14-25(3,16-24)17-29(19)21(30)15-34-23-27-26-22(33-23)18-8-7-9-20(12-18)35(31,32)28-10-5-4-6-11-28/h7-9,12,19H,4-6,10-11,13-17H2,1-3H3/t19-,25+/m1/s1. The first kappa shape index (κ1) is 24.8. The van der Waals surface area contributed by atoms with E-state index < -0.39 is 10.0 Å². The van der Waals surface area contributed by atoms with Crippen LogP contribution in [0.3, 0.4) is 0 Å². The molecule has 3 aliphatic rings. The van der Waals surface area contributed by atoms with E-state index in [0.717, 1.165) is 45.1 Å². The van der Waals surface area contributed by atoms with Gasteiger partial charge in [-0.1, -0.05) is 45.0 Å². The third-order valence-corrected chi connectivity index (χ3v) is 10.2. The van der Waals surface area contributed by atoms with E-state index in [1.807, 2.05) is 4.90 Å². The van der Waals surface area contributed by atoms with Gasteiger partial charge in [-0.2, -0.15) is 4.31 Å². The summed E-state index contributed by atoms with van der Waals surface area (Å²) >= 11 is 1.24. The molecule has 1 aromatic carbocycles. The summed E-state index contributed by atoms with van der Waals surface area (Å²) in [6.07, 6.45) is 6.10. The number of carbonyl (C=O) groups excluding carboxylic acids is 1. The number of piperidine rings is 1. The van der Waals surface area contributed by atoms with E-state index >= 15 is 0 Å². The Kier molecular flexibility index (Phi) is 6.51. The molecule has 190 valence electrons. The molecular formula is C25H34N4O4S2. The van der Waals surface area contributed by atoms with Crippen LogP contribution in [-0.4, -0.2) is 65.2 Å². The highest BCUT2D eigenvalue weighted by Crippen LogP contribution is 2.52. The van der Waals surface area contributed by atoms with Crippen molar-refractivity contribution < 1.29 is 17.6 Å². The number of hydrogen-bond donors (Lipinski definition) is 0. The maximum atomic E-state index is 13.0. The van der Waals surface area contributed by atoms with Gasteiger partial charge < -0.3 is 9.32 Å². The van der Waals surface area contributed by atoms with Gasteiger partial charge in [-0.05, 0) is 61.1 Å². The highest BCUT2D eigenvalue weighted by molar-refractivity contribution is 7.99. The Morgan fingerprint density at radius 3 is 2.69 bits per heavy atom. The van der Waals surface area contributed by atoms with Crippen molar-refractivity contribution in [3.63, 3.8) is 0 Å². The largest absolute Gasteiger partial charge is 0.411 e. The minimum Gasteiger partial charge on any atom is -0.411 e. The summed E-state index contributed by atoms with van der Waals surface area (Å²) in [6.45, 7) is 8.81. The highest BCUT2D eigenvalue weighted by Gasteiger charge is 2.50. The fourth-order valence-electron chi connectivity index (χ4n) is 6.39. The lowest BCUT2D eigenvalue weighted by molar-refractivity contribution is -0.129. The van der Waals surface area contributed by atoms with Crippen LogP contribution < -0.4 is 0 Å². The zero-order valence-corrected chi connectivity index (χ0v) is 22.3. The van der Waals surface area contributed by atoms with Crippen molar-refractivity contribution >= 4 is 27.7 Å². The molecule has 35 heavy (non-hydrogen) atoms. The number of hydrogen-bond acceptors (Lipinski definition) is 7. The molecule has 2 aromatic rings. The van der Waals surface area contributed by atoms with Crippen LogP contribution in [0.4, 0.5) is 0 Å². The molecule has 5 rings (SSSR count). The highest BCUT2D eigenvalue weighted by atomic mass is 32.2. The third kappa shape index (κ3) is 5.15. The van der Waals surface area contributed by atoms with Crippen LogP contribution in [0.2, 0.25) is 0 Å². The van der Waals surface area contributed by atoms with Crippen LogP contribution in [0, 0.1) is 10.8 Å². The summed E-state index contributed by atoms with van der Waals surface area (Å²) in [4.78, 5) is 15.3. The Hall–Kier alpha value is -1.91. The summed E-state index contributed by atoms with van der Waals surface area (Å²) in [5.74, 6) is 0.607. The minimum atomic E-state index is -3.55. The summed E-state index contributed by atoms with van der Waals surface area (Å²) < 4.78 is 33.4. The summed E-state index contributed by atoms with van der Waals surface area (Å²) in [7, 11) is -3.55. The average molecular weight is 519 g/mol. The fourth-order valence-corrected chi connectivity index (χ4v) is 8.60. The number of fused-ring (bicyclic) bond motifs is 2. The number of sulfonamides is 1. The zero-order chi connectivity index (χ0) is 24.8. The van der Waals surface area contributed by atoms with Gasteiger partial charge in [0.2, 0.25) is 21.8 Å². The smallest absolute Gasteiger partial charge is 0.277 e. The number of aromatic nitrogens is 2. The molecule has 10 heteroatoms. The van der Waals surface area contributed by atoms with Crippen molar-refractivity contribution in [3.05, 3.63) is 24.3 Å². The Morgan fingerprint density at radius 1 is 1.14 bits per heavy atom. The first-order chi connectivity index (χ1) is 16.5. The average Bonchev–Trinajstić information content (AvgIpc) is 3.39. The summed E-state index contributed by atoms with van der Waals surface area (Å²) in [6, 6.07) is 6.95. The lowest BCUT2D eigenvalue weighted by atomic mass is 9.65. The molecule has 1 aromatic heterocycles. The number of nitrogens with zero attached hydrogens (tertiary/aromatic N) is 4. The van der Waals surface area contributed by atoms with Crippen LogP contribution in [0.5, 0.6) is 0 Å². The quantitative estimate of drug-likeness (QED) is 0.522. The Morgan fingerprint density at radius 2 is 1.91 bits per heavy atom. The number of likely N-dealkylation sites (tertiary alicyclic amines) is 1. The van der Waals surface area contributed by atoms with E-state index in [4.69, 9.17) is 4.42 Å². The molecule has 2 aliphatic heterocycles. The molecule has 2 saturated heterocycles. The van der Waals surface area contributed by atoms with E-state index in [1.54, 1.807) is 28.6 Å². The van der Waals surface area contributed by atoms with Crippen molar-refractivity contribution in [2.24, 2.45) is 10.8 Å². The molecule has 3 fully saturated rings. The van der Waals surface area contributed by atoms with Gasteiger partial charge in [0.15, 0.2) is 0 Å². The molecule has 8 nitrogen and oxygen atoms in total. The van der Waals surface area contributed by atoms with Crippen molar-refractivity contribution in [1.29, 1.82) is 0 Å². The molecule has 2 atom stereocenters. The maximum Gasteiger partial charge on any atom is 0.277 e. The Bertz CT molecular complexity index is 1210. The molecule has 1 saturated carbocycles. The van der Waals surface area contributed by atoms with Crippen molar-refractivity contribution in [2.75, 3.05) is 25.4 Å². The molecule has 2 bridgehead atoms. The van der Waals surface area contributed by atoms with Crippen LogP contribution in [-0.2, 0) is 14.8 Å². The molecule has 0 N–H and O–H groups in total. The Labute approximate surface area is 211 Å². The molecule has 1 aliphatic carbocycles. The number of carbonyl (C=O) groups is 1. The van der Waals surface area contributed by atoms with Crippen molar-refractivity contribution in [3.8, 4) is 11.5 Å². The van der Waals surface area contributed by atoms with Gasteiger partial charge in [0.25, 0.3) is 5.22 Å². The van der Waals surface area contributed by atoms with Gasteiger partial charge in [-0.25, -0.2) is 8.42 Å². The van der Waals surface area contributed by atoms with Gasteiger partial charge in [0.05, 0.1) is 10.6 Å². The zero-order valence-electron chi connectivity index (χ0n) is 20.7.